The van der Waals surface area contributed by atoms with Gasteiger partial charge in [-0.05, 0) is 24.3 Å². The molecule has 1 fully saturated rings. The molecule has 0 aliphatic carbocycles. The summed E-state index contributed by atoms with van der Waals surface area (Å²) >= 11 is 0. The third-order valence-corrected chi connectivity index (χ3v) is 4.15. The number of hydrogen-bond donors (Lipinski definition) is 1. The van der Waals surface area contributed by atoms with Crippen LogP contribution in [0.1, 0.15) is 21.1 Å². The van der Waals surface area contributed by atoms with Crippen molar-refractivity contribution in [2.45, 2.75) is 0 Å². The number of esters is 1. The number of amides is 3. The Morgan fingerprint density at radius 1 is 0.929 bits per heavy atom. The lowest BCUT2D eigenvalue weighted by molar-refractivity contribution is -0.151. The molecule has 3 amide bonds. The van der Waals surface area contributed by atoms with E-state index < -0.39 is 18.5 Å². The van der Waals surface area contributed by atoms with E-state index in [9.17, 15) is 19.2 Å². The first-order chi connectivity index (χ1) is 13.5. The zero-order valence-electron chi connectivity index (χ0n) is 15.0. The lowest BCUT2D eigenvalue weighted by Gasteiger charge is -2.34. The van der Waals surface area contributed by atoms with E-state index in [0.29, 0.717) is 26.2 Å². The summed E-state index contributed by atoms with van der Waals surface area (Å²) in [5.41, 5.74) is 0. The number of ether oxygens (including phenoxy) is 1. The van der Waals surface area contributed by atoms with Gasteiger partial charge in [0.05, 0.1) is 12.5 Å². The van der Waals surface area contributed by atoms with Crippen molar-refractivity contribution in [3.63, 3.8) is 0 Å². The molecule has 3 heterocycles. The highest BCUT2D eigenvalue weighted by atomic mass is 16.5. The smallest absolute Gasteiger partial charge is 0.325 e. The van der Waals surface area contributed by atoms with E-state index in [4.69, 9.17) is 13.6 Å². The molecule has 1 saturated heterocycles. The third kappa shape index (κ3) is 4.78. The molecule has 0 radical (unpaired) electrons. The Bertz CT molecular complexity index is 822. The van der Waals surface area contributed by atoms with Crippen LogP contribution in [0.2, 0.25) is 0 Å². The normalized spacial score (nSPS) is 13.9. The summed E-state index contributed by atoms with van der Waals surface area (Å²) in [6, 6.07) is 6.23. The van der Waals surface area contributed by atoms with Crippen molar-refractivity contribution in [3.05, 3.63) is 48.3 Å². The van der Waals surface area contributed by atoms with Gasteiger partial charge in [-0.3, -0.25) is 19.2 Å². The number of carbonyl (C=O) groups is 4. The Labute approximate surface area is 160 Å². The summed E-state index contributed by atoms with van der Waals surface area (Å²) in [5.74, 6) is -1.55. The van der Waals surface area contributed by atoms with E-state index in [1.165, 1.54) is 23.5 Å². The van der Waals surface area contributed by atoms with Crippen LogP contribution in [0.15, 0.2) is 45.6 Å². The van der Waals surface area contributed by atoms with Crippen LogP contribution in [0.4, 0.5) is 0 Å². The highest BCUT2D eigenvalue weighted by Crippen LogP contribution is 2.09. The van der Waals surface area contributed by atoms with Gasteiger partial charge in [0.1, 0.15) is 6.54 Å². The van der Waals surface area contributed by atoms with Crippen molar-refractivity contribution in [3.8, 4) is 0 Å². The summed E-state index contributed by atoms with van der Waals surface area (Å²) in [4.78, 5) is 50.8. The quantitative estimate of drug-likeness (QED) is 0.697. The zero-order chi connectivity index (χ0) is 19.9. The molecule has 2 aromatic rings. The Morgan fingerprint density at radius 2 is 1.54 bits per heavy atom. The predicted molar refractivity (Wildman–Crippen MR) is 93.2 cm³/mol. The lowest BCUT2D eigenvalue weighted by Crippen LogP contribution is -2.51. The van der Waals surface area contributed by atoms with Gasteiger partial charge in [-0.15, -0.1) is 0 Å². The molecule has 0 bridgehead atoms. The minimum Gasteiger partial charge on any atom is -0.459 e. The van der Waals surface area contributed by atoms with Crippen molar-refractivity contribution in [2.24, 2.45) is 0 Å². The highest BCUT2D eigenvalue weighted by Gasteiger charge is 2.26. The van der Waals surface area contributed by atoms with Gasteiger partial charge in [0, 0.05) is 26.2 Å². The van der Waals surface area contributed by atoms with Crippen LogP contribution in [-0.2, 0) is 14.3 Å². The van der Waals surface area contributed by atoms with Gasteiger partial charge in [-0.2, -0.15) is 0 Å². The number of furan rings is 2. The van der Waals surface area contributed by atoms with Gasteiger partial charge in [0.2, 0.25) is 0 Å². The second kappa shape index (κ2) is 8.89. The fraction of sp³-hybridized carbons (Fsp3) is 0.333. The van der Waals surface area contributed by atoms with Gasteiger partial charge in [-0.1, -0.05) is 0 Å². The van der Waals surface area contributed by atoms with Gasteiger partial charge in [0.15, 0.2) is 18.1 Å². The maximum absolute atomic E-state index is 12.2. The van der Waals surface area contributed by atoms with E-state index in [1.54, 1.807) is 23.1 Å². The molecule has 10 heteroatoms. The van der Waals surface area contributed by atoms with E-state index in [0.717, 1.165) is 0 Å². The maximum atomic E-state index is 12.2. The van der Waals surface area contributed by atoms with Crippen LogP contribution < -0.4 is 5.32 Å². The number of piperazine rings is 1. The van der Waals surface area contributed by atoms with E-state index in [-0.39, 0.29) is 29.9 Å². The molecule has 28 heavy (non-hydrogen) atoms. The van der Waals surface area contributed by atoms with E-state index in [1.807, 2.05) is 0 Å². The average molecular weight is 389 g/mol. The van der Waals surface area contributed by atoms with E-state index >= 15 is 0 Å². The van der Waals surface area contributed by atoms with Crippen molar-refractivity contribution < 1.29 is 32.7 Å². The van der Waals surface area contributed by atoms with Crippen LogP contribution in [0.5, 0.6) is 0 Å². The molecular formula is C18H19N3O7. The minimum absolute atomic E-state index is 0.0749. The second-order valence-corrected chi connectivity index (χ2v) is 5.97. The topological polar surface area (TPSA) is 122 Å². The first-order valence-electron chi connectivity index (χ1n) is 8.62. The van der Waals surface area contributed by atoms with Crippen LogP contribution in [0.25, 0.3) is 0 Å². The van der Waals surface area contributed by atoms with Crippen LogP contribution in [-0.4, -0.2) is 72.8 Å². The monoisotopic (exact) mass is 389 g/mol. The fourth-order valence-corrected chi connectivity index (χ4v) is 2.65. The number of nitrogens with one attached hydrogen (secondary N) is 1. The molecule has 2 aromatic heterocycles. The summed E-state index contributed by atoms with van der Waals surface area (Å²) in [5, 5.41) is 2.33. The number of carbonyl (C=O) groups excluding carboxylic acids is 4. The average Bonchev–Trinajstić information content (AvgIpc) is 3.44. The van der Waals surface area contributed by atoms with E-state index in [2.05, 4.69) is 5.32 Å². The number of rotatable bonds is 6. The maximum Gasteiger partial charge on any atom is 0.325 e. The molecule has 0 spiro atoms. The SMILES string of the molecule is O=C(CNC(=O)c1ccco1)OCC(=O)N1CCN(C(=O)c2ccco2)CC1. The first kappa shape index (κ1) is 19.2. The molecule has 0 unspecified atom stereocenters. The van der Waals surface area contributed by atoms with Gasteiger partial charge >= 0.3 is 5.97 Å². The van der Waals surface area contributed by atoms with Gasteiger partial charge < -0.3 is 28.7 Å². The lowest BCUT2D eigenvalue weighted by atomic mass is 10.3. The molecule has 10 nitrogen and oxygen atoms in total. The summed E-state index contributed by atoms with van der Waals surface area (Å²) < 4.78 is 14.9. The van der Waals surface area contributed by atoms with Gasteiger partial charge in [-0.25, -0.2) is 0 Å². The number of nitrogens with zero attached hydrogens (tertiary/aromatic N) is 2. The van der Waals surface area contributed by atoms with Crippen LogP contribution >= 0.6 is 0 Å². The standard InChI is InChI=1S/C18H19N3O7/c22-15(12-28-16(23)11-19-17(24)13-3-1-9-26-13)20-5-7-21(8-6-20)18(25)14-4-2-10-27-14/h1-4,9-10H,5-8,11-12H2,(H,19,24). The Kier molecular flexibility index (Phi) is 6.10. The largest absolute Gasteiger partial charge is 0.459 e. The van der Waals surface area contributed by atoms with Gasteiger partial charge in [0.25, 0.3) is 17.7 Å². The molecule has 1 N–H and O–H groups in total. The molecule has 1 aliphatic heterocycles. The fourth-order valence-electron chi connectivity index (χ4n) is 2.65. The minimum atomic E-state index is -0.736. The molecular weight excluding hydrogens is 370 g/mol. The molecule has 3 rings (SSSR count). The zero-order valence-corrected chi connectivity index (χ0v) is 15.0. The highest BCUT2D eigenvalue weighted by molar-refractivity contribution is 5.93. The second-order valence-electron chi connectivity index (χ2n) is 5.97. The molecule has 148 valence electrons. The summed E-state index contributed by atoms with van der Waals surface area (Å²) in [7, 11) is 0. The summed E-state index contributed by atoms with van der Waals surface area (Å²) in [6.07, 6.45) is 2.77. The van der Waals surface area contributed by atoms with Crippen molar-refractivity contribution in [1.29, 1.82) is 0 Å². The summed E-state index contributed by atoms with van der Waals surface area (Å²) in [6.45, 7) is 0.576. The Hall–Kier alpha value is -3.56. The predicted octanol–water partition coefficient (Wildman–Crippen LogP) is 0.130. The molecule has 0 saturated carbocycles. The van der Waals surface area contributed by atoms with Crippen molar-refractivity contribution in [1.82, 2.24) is 15.1 Å². The third-order valence-electron chi connectivity index (χ3n) is 4.15. The van der Waals surface area contributed by atoms with Crippen molar-refractivity contribution in [2.75, 3.05) is 39.3 Å². The Morgan fingerprint density at radius 3 is 2.14 bits per heavy atom. The Balaban J connectivity index is 1.35. The molecule has 1 aliphatic rings. The van der Waals surface area contributed by atoms with Crippen LogP contribution in [0, 0.1) is 0 Å². The van der Waals surface area contributed by atoms with Crippen LogP contribution in [0.3, 0.4) is 0 Å². The first-order valence-corrected chi connectivity index (χ1v) is 8.62. The van der Waals surface area contributed by atoms with Crippen molar-refractivity contribution >= 4 is 23.7 Å². The number of hydrogen-bond acceptors (Lipinski definition) is 7. The molecule has 0 atom stereocenters. The molecule has 0 aromatic carbocycles.